The molecular weight excluding hydrogens is 216 g/mol. The van der Waals surface area contributed by atoms with Crippen molar-refractivity contribution in [3.8, 4) is 5.88 Å². The third-order valence-electron chi connectivity index (χ3n) is 1.82. The second-order valence-corrected chi connectivity index (χ2v) is 3.15. The van der Waals surface area contributed by atoms with Gasteiger partial charge in [0.05, 0.1) is 0 Å². The fourth-order valence-electron chi connectivity index (χ4n) is 1.08. The summed E-state index contributed by atoms with van der Waals surface area (Å²) in [4.78, 5) is 3.85. The summed E-state index contributed by atoms with van der Waals surface area (Å²) in [5, 5.41) is 3.08. The summed E-state index contributed by atoms with van der Waals surface area (Å²) in [7, 11) is 0. The van der Waals surface area contributed by atoms with Crippen molar-refractivity contribution in [1.29, 1.82) is 0 Å². The Morgan fingerprint density at radius 2 is 2.31 bits per heavy atom. The number of halogens is 2. The summed E-state index contributed by atoms with van der Waals surface area (Å²) < 4.78 is 28.9. The maximum atomic E-state index is 12.5. The second-order valence-electron chi connectivity index (χ2n) is 3.15. The molecule has 3 N–H and O–H groups in total. The molecular formula is C10H15F2N3O. The average molecular weight is 231 g/mol. The highest BCUT2D eigenvalue weighted by molar-refractivity contribution is 5.17. The molecule has 90 valence electrons. The van der Waals surface area contributed by atoms with Crippen LogP contribution >= 0.6 is 0 Å². The Morgan fingerprint density at radius 3 is 2.88 bits per heavy atom. The number of nitrogens with two attached hydrogens (primary N) is 1. The highest BCUT2D eigenvalue weighted by Gasteiger charge is 2.07. The SMILES string of the molecule is NCCNCc1ccc(OC(F)CF)nc1. The molecule has 6 heteroatoms. The Balaban J connectivity index is 2.41. The topological polar surface area (TPSA) is 60.2 Å². The van der Waals surface area contributed by atoms with E-state index in [0.29, 0.717) is 19.6 Å². The molecule has 0 saturated carbocycles. The molecule has 0 aliphatic rings. The summed E-state index contributed by atoms with van der Waals surface area (Å²) in [6, 6.07) is 3.23. The van der Waals surface area contributed by atoms with Crippen LogP contribution in [0.25, 0.3) is 0 Å². The van der Waals surface area contributed by atoms with Crippen molar-refractivity contribution in [3.05, 3.63) is 23.9 Å². The molecule has 0 aromatic carbocycles. The summed E-state index contributed by atoms with van der Waals surface area (Å²) in [5.74, 6) is 0.0766. The van der Waals surface area contributed by atoms with Crippen LogP contribution in [0.2, 0.25) is 0 Å². The maximum absolute atomic E-state index is 12.5. The van der Waals surface area contributed by atoms with Gasteiger partial charge >= 0.3 is 0 Å². The third-order valence-corrected chi connectivity index (χ3v) is 1.82. The third kappa shape index (κ3) is 4.50. The van der Waals surface area contributed by atoms with Crippen molar-refractivity contribution in [2.75, 3.05) is 19.8 Å². The van der Waals surface area contributed by atoms with Gasteiger partial charge in [-0.3, -0.25) is 0 Å². The predicted molar refractivity (Wildman–Crippen MR) is 56.5 cm³/mol. The maximum Gasteiger partial charge on any atom is 0.268 e. The zero-order valence-electron chi connectivity index (χ0n) is 8.83. The Bertz CT molecular complexity index is 295. The molecule has 1 rings (SSSR count). The number of nitrogens with zero attached hydrogens (tertiary/aromatic N) is 1. The zero-order valence-corrected chi connectivity index (χ0v) is 8.83. The van der Waals surface area contributed by atoms with Crippen molar-refractivity contribution >= 4 is 0 Å². The monoisotopic (exact) mass is 231 g/mol. The molecule has 1 aromatic rings. The van der Waals surface area contributed by atoms with Gasteiger partial charge in [-0.05, 0) is 5.56 Å². The van der Waals surface area contributed by atoms with Gasteiger partial charge in [0.2, 0.25) is 5.88 Å². The van der Waals surface area contributed by atoms with E-state index in [1.165, 1.54) is 6.07 Å². The Labute approximate surface area is 92.8 Å². The minimum Gasteiger partial charge on any atom is -0.440 e. The fourth-order valence-corrected chi connectivity index (χ4v) is 1.08. The first-order chi connectivity index (χ1) is 7.76. The zero-order chi connectivity index (χ0) is 11.8. The van der Waals surface area contributed by atoms with E-state index in [2.05, 4.69) is 15.0 Å². The van der Waals surface area contributed by atoms with E-state index in [9.17, 15) is 8.78 Å². The van der Waals surface area contributed by atoms with E-state index in [0.717, 1.165) is 5.56 Å². The number of pyridine rings is 1. The molecule has 16 heavy (non-hydrogen) atoms. The minimum atomic E-state index is -1.95. The molecule has 1 aromatic heterocycles. The van der Waals surface area contributed by atoms with Crippen LogP contribution in [0.4, 0.5) is 8.78 Å². The molecule has 0 amide bonds. The van der Waals surface area contributed by atoms with Gasteiger partial charge in [-0.1, -0.05) is 6.07 Å². The van der Waals surface area contributed by atoms with Gasteiger partial charge in [0.25, 0.3) is 6.36 Å². The van der Waals surface area contributed by atoms with Gasteiger partial charge in [-0.15, -0.1) is 0 Å². The summed E-state index contributed by atoms with van der Waals surface area (Å²) in [5.41, 5.74) is 6.24. The van der Waals surface area contributed by atoms with E-state index < -0.39 is 13.0 Å². The van der Waals surface area contributed by atoms with Gasteiger partial charge in [-0.2, -0.15) is 4.39 Å². The van der Waals surface area contributed by atoms with Crippen molar-refractivity contribution in [2.45, 2.75) is 12.9 Å². The lowest BCUT2D eigenvalue weighted by Crippen LogP contribution is -2.21. The first-order valence-corrected chi connectivity index (χ1v) is 4.98. The predicted octanol–water partition coefficient (Wildman–Crippen LogP) is 0.774. The first kappa shape index (κ1) is 12.8. The van der Waals surface area contributed by atoms with Crippen LogP contribution < -0.4 is 15.8 Å². The van der Waals surface area contributed by atoms with Crippen molar-refractivity contribution in [2.24, 2.45) is 5.73 Å². The molecule has 0 saturated heterocycles. The van der Waals surface area contributed by atoms with Crippen molar-refractivity contribution < 1.29 is 13.5 Å². The first-order valence-electron chi connectivity index (χ1n) is 4.98. The number of hydrogen-bond acceptors (Lipinski definition) is 4. The summed E-state index contributed by atoms with van der Waals surface area (Å²) in [6.07, 6.45) is -0.405. The molecule has 0 spiro atoms. The van der Waals surface area contributed by atoms with E-state index in [4.69, 9.17) is 5.73 Å². The van der Waals surface area contributed by atoms with E-state index in [-0.39, 0.29) is 5.88 Å². The number of hydrogen-bond donors (Lipinski definition) is 2. The normalized spacial score (nSPS) is 12.4. The standard InChI is InChI=1S/C10H15F2N3O/c11-5-9(12)16-10-2-1-8(7-15-10)6-14-4-3-13/h1-2,7,9,14H,3-6,13H2. The molecule has 0 fully saturated rings. The quantitative estimate of drug-likeness (QED) is 0.681. The lowest BCUT2D eigenvalue weighted by molar-refractivity contribution is 0.0393. The summed E-state index contributed by atoms with van der Waals surface area (Å²) >= 11 is 0. The van der Waals surface area contributed by atoms with Crippen LogP contribution in [-0.4, -0.2) is 31.1 Å². The van der Waals surface area contributed by atoms with Crippen LogP contribution in [0.1, 0.15) is 5.56 Å². The van der Waals surface area contributed by atoms with Crippen LogP contribution in [0.15, 0.2) is 18.3 Å². The van der Waals surface area contributed by atoms with Gasteiger partial charge in [0, 0.05) is 31.9 Å². The number of nitrogens with one attached hydrogen (secondary N) is 1. The van der Waals surface area contributed by atoms with Crippen LogP contribution in [-0.2, 0) is 6.54 Å². The number of rotatable bonds is 7. The number of ether oxygens (including phenoxy) is 1. The Hall–Kier alpha value is -1.27. The van der Waals surface area contributed by atoms with E-state index in [1.807, 2.05) is 0 Å². The highest BCUT2D eigenvalue weighted by Crippen LogP contribution is 2.10. The Kier molecular flexibility index (Phi) is 5.66. The number of alkyl halides is 2. The lowest BCUT2D eigenvalue weighted by atomic mass is 10.3. The van der Waals surface area contributed by atoms with Gasteiger partial charge in [-0.25, -0.2) is 9.37 Å². The molecule has 4 nitrogen and oxygen atoms in total. The molecule has 1 unspecified atom stereocenters. The fraction of sp³-hybridized carbons (Fsp3) is 0.500. The molecule has 0 aliphatic heterocycles. The molecule has 1 heterocycles. The Morgan fingerprint density at radius 1 is 1.50 bits per heavy atom. The average Bonchev–Trinajstić information content (AvgIpc) is 2.31. The van der Waals surface area contributed by atoms with Crippen LogP contribution in [0.3, 0.4) is 0 Å². The van der Waals surface area contributed by atoms with Gasteiger partial charge < -0.3 is 15.8 Å². The van der Waals surface area contributed by atoms with E-state index >= 15 is 0 Å². The van der Waals surface area contributed by atoms with Crippen LogP contribution in [0, 0.1) is 0 Å². The molecule has 0 radical (unpaired) electrons. The molecule has 1 atom stereocenters. The molecule has 0 aliphatic carbocycles. The van der Waals surface area contributed by atoms with Crippen LogP contribution in [0.5, 0.6) is 5.88 Å². The minimum absolute atomic E-state index is 0.0766. The smallest absolute Gasteiger partial charge is 0.268 e. The largest absolute Gasteiger partial charge is 0.440 e. The van der Waals surface area contributed by atoms with Crippen molar-refractivity contribution in [1.82, 2.24) is 10.3 Å². The lowest BCUT2D eigenvalue weighted by Gasteiger charge is -2.07. The molecule has 0 bridgehead atoms. The number of aromatic nitrogens is 1. The van der Waals surface area contributed by atoms with Gasteiger partial charge in [0.15, 0.2) is 6.67 Å². The van der Waals surface area contributed by atoms with E-state index in [1.54, 1.807) is 12.3 Å². The summed E-state index contributed by atoms with van der Waals surface area (Å²) in [6.45, 7) is 0.732. The highest BCUT2D eigenvalue weighted by atomic mass is 19.2. The van der Waals surface area contributed by atoms with Crippen molar-refractivity contribution in [3.63, 3.8) is 0 Å². The van der Waals surface area contributed by atoms with Gasteiger partial charge in [0.1, 0.15) is 0 Å². The second kappa shape index (κ2) is 7.08.